The van der Waals surface area contributed by atoms with Gasteiger partial charge in [0.2, 0.25) is 0 Å². The Hall–Kier alpha value is -1.96. The van der Waals surface area contributed by atoms with Crippen molar-refractivity contribution in [2.75, 3.05) is 0 Å². The van der Waals surface area contributed by atoms with E-state index < -0.39 is 0 Å². The van der Waals surface area contributed by atoms with Crippen LogP contribution in [0.4, 0.5) is 0 Å². The Morgan fingerprint density at radius 1 is 1.14 bits per heavy atom. The minimum Gasteiger partial charge on any atom is -0.508 e. The van der Waals surface area contributed by atoms with Gasteiger partial charge in [0.05, 0.1) is 0 Å². The molecule has 2 heteroatoms. The third kappa shape index (κ3) is 2.29. The second-order valence-electron chi connectivity index (χ2n) is 6.39. The molecule has 1 heterocycles. The predicted octanol–water partition coefficient (Wildman–Crippen LogP) is 4.95. The van der Waals surface area contributed by atoms with E-state index in [4.69, 9.17) is 4.74 Å². The van der Waals surface area contributed by atoms with Crippen LogP contribution >= 0.6 is 0 Å². The van der Waals surface area contributed by atoms with E-state index in [0.717, 1.165) is 29.7 Å². The molecule has 0 atom stereocenters. The molecule has 0 bridgehead atoms. The zero-order valence-electron chi connectivity index (χ0n) is 13.2. The van der Waals surface area contributed by atoms with Gasteiger partial charge in [0.25, 0.3) is 0 Å². The monoisotopic (exact) mass is 282 g/mol. The first-order valence-corrected chi connectivity index (χ1v) is 7.59. The Morgan fingerprint density at radius 2 is 1.90 bits per heavy atom. The average Bonchev–Trinajstić information content (AvgIpc) is 2.36. The van der Waals surface area contributed by atoms with Crippen LogP contribution in [0.25, 0.3) is 11.1 Å². The van der Waals surface area contributed by atoms with Crippen molar-refractivity contribution in [2.45, 2.75) is 46.1 Å². The maximum absolute atomic E-state index is 9.99. The minimum atomic E-state index is -0.382. The molecule has 0 spiro atoms. The fourth-order valence-corrected chi connectivity index (χ4v) is 3.23. The molecule has 0 amide bonds. The number of aromatic hydroxyl groups is 1. The Balaban J connectivity index is 2.33. The Kier molecular flexibility index (Phi) is 3.20. The third-order valence-corrected chi connectivity index (χ3v) is 4.15. The Bertz CT molecular complexity index is 699. The molecule has 2 nitrogen and oxygen atoms in total. The minimum absolute atomic E-state index is 0.282. The molecule has 1 N–H and O–H groups in total. The molecule has 0 unspecified atom stereocenters. The molecule has 0 radical (unpaired) electrons. The van der Waals surface area contributed by atoms with Crippen LogP contribution in [-0.2, 0) is 12.0 Å². The van der Waals surface area contributed by atoms with Gasteiger partial charge in [0.15, 0.2) is 0 Å². The van der Waals surface area contributed by atoms with Gasteiger partial charge >= 0.3 is 0 Å². The molecule has 2 aromatic carbocycles. The van der Waals surface area contributed by atoms with E-state index in [2.05, 4.69) is 45.9 Å². The zero-order valence-corrected chi connectivity index (χ0v) is 13.2. The second kappa shape index (κ2) is 4.80. The number of ether oxygens (including phenoxy) is 1. The van der Waals surface area contributed by atoms with Crippen LogP contribution in [0.5, 0.6) is 11.5 Å². The number of aryl methyl sites for hydroxylation is 2. The quantitative estimate of drug-likeness (QED) is 0.844. The number of phenolic OH excluding ortho intramolecular Hbond substituents is 1. The van der Waals surface area contributed by atoms with Gasteiger partial charge in [-0.3, -0.25) is 0 Å². The van der Waals surface area contributed by atoms with E-state index in [1.807, 2.05) is 6.07 Å². The van der Waals surface area contributed by atoms with E-state index in [1.54, 1.807) is 6.07 Å². The zero-order chi connectivity index (χ0) is 15.2. The topological polar surface area (TPSA) is 29.5 Å². The molecule has 110 valence electrons. The molecule has 0 saturated carbocycles. The summed E-state index contributed by atoms with van der Waals surface area (Å²) in [5.74, 6) is 1.07. The molecule has 3 rings (SSSR count). The van der Waals surface area contributed by atoms with Crippen LogP contribution in [-0.4, -0.2) is 5.11 Å². The van der Waals surface area contributed by atoms with Crippen LogP contribution < -0.4 is 4.74 Å². The standard InChI is InChI=1S/C19H22O2/c1-5-6-13-10-14(20)11-17-18(13)15-9-12(2)7-8-16(15)19(3,4)21-17/h7-11,20H,5-6H2,1-4H3. The average molecular weight is 282 g/mol. The Morgan fingerprint density at radius 3 is 2.62 bits per heavy atom. The van der Waals surface area contributed by atoms with E-state index in [-0.39, 0.29) is 11.4 Å². The summed E-state index contributed by atoms with van der Waals surface area (Å²) in [6.45, 7) is 8.42. The van der Waals surface area contributed by atoms with Gasteiger partial charge in [-0.15, -0.1) is 0 Å². The summed E-state index contributed by atoms with van der Waals surface area (Å²) in [5, 5.41) is 9.99. The molecule has 1 aliphatic heterocycles. The second-order valence-corrected chi connectivity index (χ2v) is 6.39. The van der Waals surface area contributed by atoms with Crippen molar-refractivity contribution in [2.24, 2.45) is 0 Å². The van der Waals surface area contributed by atoms with Gasteiger partial charge in [-0.05, 0) is 44.4 Å². The Labute approximate surface area is 126 Å². The summed E-state index contributed by atoms with van der Waals surface area (Å²) in [5.41, 5.74) is 5.62. The maximum Gasteiger partial charge on any atom is 0.132 e. The van der Waals surface area contributed by atoms with E-state index in [1.165, 1.54) is 16.7 Å². The van der Waals surface area contributed by atoms with Crippen LogP contribution in [0.3, 0.4) is 0 Å². The van der Waals surface area contributed by atoms with Gasteiger partial charge in [-0.2, -0.15) is 0 Å². The molecule has 0 fully saturated rings. The lowest BCUT2D eigenvalue weighted by molar-refractivity contribution is 0.105. The van der Waals surface area contributed by atoms with Gasteiger partial charge in [-0.25, -0.2) is 0 Å². The van der Waals surface area contributed by atoms with Gasteiger partial charge in [0.1, 0.15) is 17.1 Å². The number of benzene rings is 2. The molecular formula is C19H22O2. The van der Waals surface area contributed by atoms with Crippen LogP contribution in [0, 0.1) is 6.92 Å². The summed E-state index contributed by atoms with van der Waals surface area (Å²) < 4.78 is 6.19. The smallest absolute Gasteiger partial charge is 0.132 e. The summed E-state index contributed by atoms with van der Waals surface area (Å²) in [7, 11) is 0. The molecular weight excluding hydrogens is 260 g/mol. The molecule has 0 saturated heterocycles. The highest BCUT2D eigenvalue weighted by Gasteiger charge is 2.33. The largest absolute Gasteiger partial charge is 0.508 e. The number of rotatable bonds is 2. The van der Waals surface area contributed by atoms with E-state index >= 15 is 0 Å². The van der Waals surface area contributed by atoms with Crippen molar-refractivity contribution in [3.05, 3.63) is 47.0 Å². The first-order chi connectivity index (χ1) is 9.92. The molecule has 21 heavy (non-hydrogen) atoms. The fraction of sp³-hybridized carbons (Fsp3) is 0.368. The molecule has 0 aromatic heterocycles. The molecule has 0 aliphatic carbocycles. The van der Waals surface area contributed by atoms with Crippen molar-refractivity contribution in [3.8, 4) is 22.6 Å². The van der Waals surface area contributed by atoms with Crippen LogP contribution in [0.15, 0.2) is 30.3 Å². The molecule has 2 aromatic rings. The number of hydrogen-bond donors (Lipinski definition) is 1. The lowest BCUT2D eigenvalue weighted by Gasteiger charge is -2.36. The number of hydrogen-bond acceptors (Lipinski definition) is 2. The summed E-state index contributed by atoms with van der Waals surface area (Å²) >= 11 is 0. The summed E-state index contributed by atoms with van der Waals surface area (Å²) in [6.07, 6.45) is 1.98. The lowest BCUT2D eigenvalue weighted by Crippen LogP contribution is -2.29. The lowest BCUT2D eigenvalue weighted by atomic mass is 9.83. The number of fused-ring (bicyclic) bond motifs is 3. The van der Waals surface area contributed by atoms with Gasteiger partial charge < -0.3 is 9.84 Å². The number of phenols is 1. The highest BCUT2D eigenvalue weighted by Crippen LogP contribution is 2.48. The molecule has 1 aliphatic rings. The van der Waals surface area contributed by atoms with Crippen molar-refractivity contribution < 1.29 is 9.84 Å². The van der Waals surface area contributed by atoms with E-state index in [9.17, 15) is 5.11 Å². The highest BCUT2D eigenvalue weighted by atomic mass is 16.5. The first-order valence-electron chi connectivity index (χ1n) is 7.59. The first kappa shape index (κ1) is 14.0. The highest BCUT2D eigenvalue weighted by molar-refractivity contribution is 5.80. The van der Waals surface area contributed by atoms with Crippen molar-refractivity contribution in [3.63, 3.8) is 0 Å². The van der Waals surface area contributed by atoms with Crippen LogP contribution in [0.1, 0.15) is 43.9 Å². The van der Waals surface area contributed by atoms with Crippen LogP contribution in [0.2, 0.25) is 0 Å². The SMILES string of the molecule is CCCc1cc(O)cc2c1-c1cc(C)ccc1C(C)(C)O2. The maximum atomic E-state index is 9.99. The fourth-order valence-electron chi connectivity index (χ4n) is 3.23. The summed E-state index contributed by atoms with van der Waals surface area (Å²) in [6, 6.07) is 10.1. The van der Waals surface area contributed by atoms with Crippen molar-refractivity contribution in [1.29, 1.82) is 0 Å². The normalized spacial score (nSPS) is 15.0. The summed E-state index contributed by atoms with van der Waals surface area (Å²) in [4.78, 5) is 0. The third-order valence-electron chi connectivity index (χ3n) is 4.15. The van der Waals surface area contributed by atoms with E-state index in [0.29, 0.717) is 0 Å². The van der Waals surface area contributed by atoms with Gasteiger partial charge in [0, 0.05) is 17.2 Å². The predicted molar refractivity (Wildman–Crippen MR) is 85.9 cm³/mol. The van der Waals surface area contributed by atoms with Crippen molar-refractivity contribution >= 4 is 0 Å². The van der Waals surface area contributed by atoms with Gasteiger partial charge in [-0.1, -0.05) is 37.1 Å². The van der Waals surface area contributed by atoms with Crippen molar-refractivity contribution in [1.82, 2.24) is 0 Å².